The Kier molecular flexibility index (Phi) is 1.69. The van der Waals surface area contributed by atoms with Gasteiger partial charge in [-0.05, 0) is 6.42 Å². The zero-order valence-electron chi connectivity index (χ0n) is 6.11. The van der Waals surface area contributed by atoms with Gasteiger partial charge in [0, 0.05) is 6.26 Å². The number of hydrogen-bond donors (Lipinski definition) is 1. The van der Waals surface area contributed by atoms with Crippen molar-refractivity contribution in [2.45, 2.75) is 11.7 Å². The molecular weight excluding hydrogens is 166 g/mol. The highest BCUT2D eigenvalue weighted by Gasteiger charge is 2.60. The van der Waals surface area contributed by atoms with Gasteiger partial charge in [-0.1, -0.05) is 0 Å². The summed E-state index contributed by atoms with van der Waals surface area (Å²) in [5.74, 6) is 0. The summed E-state index contributed by atoms with van der Waals surface area (Å²) in [4.78, 5) is 0. The van der Waals surface area contributed by atoms with Gasteiger partial charge in [-0.25, -0.2) is 8.42 Å². The van der Waals surface area contributed by atoms with Crippen molar-refractivity contribution in [3.05, 3.63) is 0 Å². The molecule has 0 aromatic rings. The Bertz CT molecular complexity index is 302. The first-order chi connectivity index (χ1) is 4.96. The number of sulfone groups is 1. The summed E-state index contributed by atoms with van der Waals surface area (Å²) in [6.07, 6.45) is 1.37. The van der Waals surface area contributed by atoms with Crippen LogP contribution in [0.25, 0.3) is 0 Å². The molecule has 0 bridgehead atoms. The zero-order valence-corrected chi connectivity index (χ0v) is 6.93. The van der Waals surface area contributed by atoms with Crippen molar-refractivity contribution in [3.8, 4) is 6.07 Å². The topological polar surface area (TPSA) is 78.2 Å². The molecule has 0 heterocycles. The molecule has 1 saturated carbocycles. The number of nitrogens with zero attached hydrogens (tertiary/aromatic N) is 1. The highest BCUT2D eigenvalue weighted by molar-refractivity contribution is 7.91. The van der Waals surface area contributed by atoms with Crippen LogP contribution in [0.3, 0.4) is 0 Å². The van der Waals surface area contributed by atoms with Gasteiger partial charge in [-0.2, -0.15) is 5.26 Å². The fraction of sp³-hybridized carbons (Fsp3) is 0.833. The maximum absolute atomic E-state index is 10.9. The summed E-state index contributed by atoms with van der Waals surface area (Å²) >= 11 is 0. The molecule has 0 saturated heterocycles. The number of nitriles is 1. The summed E-state index contributed by atoms with van der Waals surface area (Å²) < 4.78 is 21.7. The molecule has 1 aliphatic rings. The average Bonchev–Trinajstić information content (AvgIpc) is 2.61. The third kappa shape index (κ3) is 1.24. The van der Waals surface area contributed by atoms with E-state index >= 15 is 0 Å². The standard InChI is InChI=1S/C6H9NO3S/c1-11(9,10)5-2-6(5,3-7)4-8/h5,8H,2,4H2,1H3/t5-,6-/m1/s1. The minimum atomic E-state index is -3.14. The van der Waals surface area contributed by atoms with Crippen molar-refractivity contribution in [1.29, 1.82) is 5.26 Å². The van der Waals surface area contributed by atoms with Crippen molar-refractivity contribution < 1.29 is 13.5 Å². The number of aliphatic hydroxyl groups excluding tert-OH is 1. The van der Waals surface area contributed by atoms with E-state index in [0.717, 1.165) is 6.26 Å². The lowest BCUT2D eigenvalue weighted by molar-refractivity contribution is 0.246. The molecular formula is C6H9NO3S. The summed E-state index contributed by atoms with van der Waals surface area (Å²) in [6, 6.07) is 1.83. The Morgan fingerprint density at radius 1 is 1.82 bits per heavy atom. The summed E-state index contributed by atoms with van der Waals surface area (Å²) in [7, 11) is -3.14. The van der Waals surface area contributed by atoms with Crippen molar-refractivity contribution in [2.75, 3.05) is 12.9 Å². The quantitative estimate of drug-likeness (QED) is 0.602. The van der Waals surface area contributed by atoms with Crippen LogP contribution in [-0.2, 0) is 9.84 Å². The monoisotopic (exact) mass is 175 g/mol. The van der Waals surface area contributed by atoms with E-state index in [1.54, 1.807) is 0 Å². The zero-order chi connectivity index (χ0) is 8.70. The molecule has 0 aromatic heterocycles. The molecule has 0 aliphatic heterocycles. The Morgan fingerprint density at radius 3 is 2.45 bits per heavy atom. The van der Waals surface area contributed by atoms with Gasteiger partial charge in [0.25, 0.3) is 0 Å². The van der Waals surface area contributed by atoms with Crippen molar-refractivity contribution in [1.82, 2.24) is 0 Å². The third-order valence-electron chi connectivity index (χ3n) is 2.03. The first-order valence-corrected chi connectivity index (χ1v) is 5.13. The van der Waals surface area contributed by atoms with E-state index in [1.807, 2.05) is 6.07 Å². The number of hydrogen-bond acceptors (Lipinski definition) is 4. The van der Waals surface area contributed by atoms with Crippen LogP contribution in [0.2, 0.25) is 0 Å². The maximum Gasteiger partial charge on any atom is 0.152 e. The largest absolute Gasteiger partial charge is 0.395 e. The van der Waals surface area contributed by atoms with E-state index in [-0.39, 0.29) is 13.0 Å². The van der Waals surface area contributed by atoms with Gasteiger partial charge in [-0.15, -0.1) is 0 Å². The first kappa shape index (κ1) is 8.50. The van der Waals surface area contributed by atoms with Crippen LogP contribution < -0.4 is 0 Å². The molecule has 4 nitrogen and oxygen atoms in total. The molecule has 1 fully saturated rings. The van der Waals surface area contributed by atoms with E-state index in [2.05, 4.69) is 0 Å². The molecule has 2 atom stereocenters. The predicted molar refractivity (Wildman–Crippen MR) is 38.4 cm³/mol. The van der Waals surface area contributed by atoms with Gasteiger partial charge < -0.3 is 5.11 Å². The lowest BCUT2D eigenvalue weighted by atomic mass is 10.2. The minimum absolute atomic E-state index is 0.277. The van der Waals surface area contributed by atoms with Crippen molar-refractivity contribution in [2.24, 2.45) is 5.41 Å². The Morgan fingerprint density at radius 2 is 2.36 bits per heavy atom. The van der Waals surface area contributed by atoms with Gasteiger partial charge in [0.2, 0.25) is 0 Å². The van der Waals surface area contributed by atoms with Crippen LogP contribution in [-0.4, -0.2) is 31.6 Å². The van der Waals surface area contributed by atoms with E-state index < -0.39 is 20.5 Å². The third-order valence-corrected chi connectivity index (χ3v) is 3.68. The van der Waals surface area contributed by atoms with Crippen molar-refractivity contribution >= 4 is 9.84 Å². The molecule has 1 N–H and O–H groups in total. The Hall–Kier alpha value is -0.600. The van der Waals surface area contributed by atoms with Crippen LogP contribution >= 0.6 is 0 Å². The second-order valence-electron chi connectivity index (χ2n) is 2.95. The van der Waals surface area contributed by atoms with Crippen molar-refractivity contribution in [3.63, 3.8) is 0 Å². The van der Waals surface area contributed by atoms with E-state index in [1.165, 1.54) is 0 Å². The second-order valence-corrected chi connectivity index (χ2v) is 5.18. The molecule has 0 amide bonds. The van der Waals surface area contributed by atoms with Crippen LogP contribution in [0, 0.1) is 16.7 Å². The van der Waals surface area contributed by atoms with Gasteiger partial charge in [-0.3, -0.25) is 0 Å². The summed E-state index contributed by atoms with van der Waals surface area (Å²) in [5.41, 5.74) is -0.992. The predicted octanol–water partition coefficient (Wildman–Crippen LogP) is -0.694. The average molecular weight is 175 g/mol. The molecule has 0 radical (unpaired) electrons. The van der Waals surface area contributed by atoms with E-state index in [4.69, 9.17) is 10.4 Å². The number of rotatable bonds is 2. The highest BCUT2D eigenvalue weighted by atomic mass is 32.2. The molecule has 0 unspecified atom stereocenters. The lowest BCUT2D eigenvalue weighted by Gasteiger charge is -2.00. The van der Waals surface area contributed by atoms with Crippen LogP contribution in [0.15, 0.2) is 0 Å². The smallest absolute Gasteiger partial charge is 0.152 e. The highest BCUT2D eigenvalue weighted by Crippen LogP contribution is 2.49. The fourth-order valence-electron chi connectivity index (χ4n) is 1.15. The maximum atomic E-state index is 10.9. The Balaban J connectivity index is 2.84. The molecule has 5 heteroatoms. The van der Waals surface area contributed by atoms with E-state index in [9.17, 15) is 8.42 Å². The van der Waals surface area contributed by atoms with Gasteiger partial charge >= 0.3 is 0 Å². The molecule has 1 aliphatic carbocycles. The summed E-state index contributed by atoms with van der Waals surface area (Å²) in [5, 5.41) is 16.6. The summed E-state index contributed by atoms with van der Waals surface area (Å²) in [6.45, 7) is -0.360. The number of aliphatic hydroxyl groups is 1. The molecule has 62 valence electrons. The Labute approximate surface area is 65.4 Å². The second kappa shape index (κ2) is 2.19. The van der Waals surface area contributed by atoms with Crippen LogP contribution in [0.4, 0.5) is 0 Å². The SMILES string of the molecule is CS(=O)(=O)[C@@H]1C[C@@]1(C#N)CO. The molecule has 11 heavy (non-hydrogen) atoms. The fourth-order valence-corrected chi connectivity index (χ4v) is 2.70. The minimum Gasteiger partial charge on any atom is -0.395 e. The molecule has 0 spiro atoms. The van der Waals surface area contributed by atoms with Crippen LogP contribution in [0.5, 0.6) is 0 Å². The first-order valence-electron chi connectivity index (χ1n) is 3.17. The normalized spacial score (nSPS) is 36.3. The lowest BCUT2D eigenvalue weighted by Crippen LogP contribution is -2.16. The molecule has 0 aromatic carbocycles. The van der Waals surface area contributed by atoms with Gasteiger partial charge in [0.1, 0.15) is 0 Å². The van der Waals surface area contributed by atoms with Crippen LogP contribution in [0.1, 0.15) is 6.42 Å². The molecule has 1 rings (SSSR count). The van der Waals surface area contributed by atoms with Gasteiger partial charge in [0.05, 0.1) is 23.3 Å². The van der Waals surface area contributed by atoms with E-state index in [0.29, 0.717) is 0 Å². The van der Waals surface area contributed by atoms with Gasteiger partial charge in [0.15, 0.2) is 9.84 Å².